The van der Waals surface area contributed by atoms with Gasteiger partial charge in [0.2, 0.25) is 0 Å². The lowest BCUT2D eigenvalue weighted by molar-refractivity contribution is 0.0959. The molecule has 4 heteroatoms. The first-order chi connectivity index (χ1) is 8.16. The van der Waals surface area contributed by atoms with Crippen molar-refractivity contribution in [3.05, 3.63) is 35.9 Å². The van der Waals surface area contributed by atoms with Gasteiger partial charge in [0.1, 0.15) is 0 Å². The zero-order chi connectivity index (χ0) is 12.3. The molecule has 0 bridgehead atoms. The Morgan fingerprint density at radius 2 is 2.06 bits per heavy atom. The molecule has 1 fully saturated rings. The second-order valence-electron chi connectivity index (χ2n) is 4.59. The lowest BCUT2D eigenvalue weighted by atomic mass is 10.1. The van der Waals surface area contributed by atoms with Crippen molar-refractivity contribution in [2.75, 3.05) is 19.6 Å². The summed E-state index contributed by atoms with van der Waals surface area (Å²) in [6, 6.07) is 10.4. The highest BCUT2D eigenvalue weighted by Gasteiger charge is 2.25. The van der Waals surface area contributed by atoms with Gasteiger partial charge in [0.15, 0.2) is 0 Å². The monoisotopic (exact) mass is 233 g/mol. The van der Waals surface area contributed by atoms with Crippen LogP contribution in [0.4, 0.5) is 4.79 Å². The van der Waals surface area contributed by atoms with Gasteiger partial charge in [-0.25, -0.2) is 4.79 Å². The van der Waals surface area contributed by atoms with E-state index in [4.69, 9.17) is 5.73 Å². The summed E-state index contributed by atoms with van der Waals surface area (Å²) in [7, 11) is 0. The molecular weight excluding hydrogens is 214 g/mol. The number of carbonyl (C=O) groups is 1. The molecule has 17 heavy (non-hydrogen) atoms. The Bertz CT molecular complexity index is 380. The van der Waals surface area contributed by atoms with Gasteiger partial charge >= 0.3 is 6.03 Å². The number of benzene rings is 1. The molecule has 0 aromatic heterocycles. The van der Waals surface area contributed by atoms with Crippen LogP contribution in [0.15, 0.2) is 30.3 Å². The summed E-state index contributed by atoms with van der Waals surface area (Å²) in [6.07, 6.45) is 0. The molecule has 0 saturated carbocycles. The minimum atomic E-state index is -0.309. The lowest BCUT2D eigenvalue weighted by Crippen LogP contribution is -2.54. The van der Waals surface area contributed by atoms with Crippen molar-refractivity contribution < 1.29 is 4.79 Å². The first kappa shape index (κ1) is 11.9. The third-order valence-corrected chi connectivity index (χ3v) is 3.31. The highest BCUT2D eigenvalue weighted by atomic mass is 16.2. The third-order valence-electron chi connectivity index (χ3n) is 3.31. The van der Waals surface area contributed by atoms with Crippen LogP contribution in [0.1, 0.15) is 12.5 Å². The van der Waals surface area contributed by atoms with Gasteiger partial charge in [-0.1, -0.05) is 30.3 Å². The molecule has 1 aromatic rings. The number of nitrogens with two attached hydrogens (primary N) is 1. The molecule has 0 aliphatic carbocycles. The molecule has 1 heterocycles. The molecule has 2 N–H and O–H groups in total. The van der Waals surface area contributed by atoms with Crippen LogP contribution in [0.3, 0.4) is 0 Å². The number of primary amides is 1. The van der Waals surface area contributed by atoms with Gasteiger partial charge < -0.3 is 10.6 Å². The Kier molecular flexibility index (Phi) is 3.64. The SMILES string of the molecule is CC1CN(C(N)=O)CCN1Cc1ccccc1. The maximum absolute atomic E-state index is 11.1. The van der Waals surface area contributed by atoms with E-state index in [-0.39, 0.29) is 6.03 Å². The fourth-order valence-corrected chi connectivity index (χ4v) is 2.25. The molecule has 1 atom stereocenters. The van der Waals surface area contributed by atoms with E-state index >= 15 is 0 Å². The van der Waals surface area contributed by atoms with Crippen LogP contribution >= 0.6 is 0 Å². The molecule has 1 aromatic carbocycles. The van der Waals surface area contributed by atoms with Crippen molar-refractivity contribution in [3.63, 3.8) is 0 Å². The smallest absolute Gasteiger partial charge is 0.314 e. The van der Waals surface area contributed by atoms with Crippen LogP contribution in [0.2, 0.25) is 0 Å². The van der Waals surface area contributed by atoms with Crippen molar-refractivity contribution >= 4 is 6.03 Å². The normalized spacial score (nSPS) is 21.5. The van der Waals surface area contributed by atoms with Crippen LogP contribution in [0.25, 0.3) is 0 Å². The molecule has 4 nitrogen and oxygen atoms in total. The summed E-state index contributed by atoms with van der Waals surface area (Å²) < 4.78 is 0. The summed E-state index contributed by atoms with van der Waals surface area (Å²) >= 11 is 0. The molecule has 1 aliphatic heterocycles. The zero-order valence-corrected chi connectivity index (χ0v) is 10.2. The Balaban J connectivity index is 1.94. The molecule has 2 rings (SSSR count). The molecule has 1 aliphatic rings. The maximum atomic E-state index is 11.1. The number of nitrogens with zero attached hydrogens (tertiary/aromatic N) is 2. The summed E-state index contributed by atoms with van der Waals surface area (Å²) in [5.41, 5.74) is 6.61. The minimum Gasteiger partial charge on any atom is -0.351 e. The number of carbonyl (C=O) groups excluding carboxylic acids is 1. The van der Waals surface area contributed by atoms with Gasteiger partial charge in [-0.05, 0) is 12.5 Å². The van der Waals surface area contributed by atoms with Crippen molar-refractivity contribution in [2.24, 2.45) is 5.73 Å². The van der Waals surface area contributed by atoms with Gasteiger partial charge in [-0.15, -0.1) is 0 Å². The average molecular weight is 233 g/mol. The second-order valence-corrected chi connectivity index (χ2v) is 4.59. The third kappa shape index (κ3) is 2.97. The Hall–Kier alpha value is -1.55. The highest BCUT2D eigenvalue weighted by Crippen LogP contribution is 2.13. The number of hydrogen-bond donors (Lipinski definition) is 1. The van der Waals surface area contributed by atoms with E-state index in [1.165, 1.54) is 5.56 Å². The molecular formula is C13H19N3O. The topological polar surface area (TPSA) is 49.6 Å². The van der Waals surface area contributed by atoms with E-state index in [1.54, 1.807) is 4.90 Å². The minimum absolute atomic E-state index is 0.309. The van der Waals surface area contributed by atoms with E-state index < -0.39 is 0 Å². The second kappa shape index (κ2) is 5.19. The van der Waals surface area contributed by atoms with Gasteiger partial charge in [-0.2, -0.15) is 0 Å². The number of urea groups is 1. The lowest BCUT2D eigenvalue weighted by Gasteiger charge is -2.39. The molecule has 92 valence electrons. The van der Waals surface area contributed by atoms with Crippen molar-refractivity contribution in [2.45, 2.75) is 19.5 Å². The van der Waals surface area contributed by atoms with Crippen molar-refractivity contribution in [3.8, 4) is 0 Å². The van der Waals surface area contributed by atoms with E-state index in [1.807, 2.05) is 6.07 Å². The fourth-order valence-electron chi connectivity index (χ4n) is 2.25. The largest absolute Gasteiger partial charge is 0.351 e. The highest BCUT2D eigenvalue weighted by molar-refractivity contribution is 5.72. The average Bonchev–Trinajstić information content (AvgIpc) is 2.33. The van der Waals surface area contributed by atoms with E-state index in [0.717, 1.165) is 26.2 Å². The van der Waals surface area contributed by atoms with Gasteiger partial charge in [-0.3, -0.25) is 4.90 Å². The zero-order valence-electron chi connectivity index (χ0n) is 10.2. The molecule has 0 radical (unpaired) electrons. The van der Waals surface area contributed by atoms with Gasteiger partial charge in [0.05, 0.1) is 0 Å². The van der Waals surface area contributed by atoms with Gasteiger partial charge in [0.25, 0.3) is 0 Å². The molecule has 1 unspecified atom stereocenters. The maximum Gasteiger partial charge on any atom is 0.314 e. The number of hydrogen-bond acceptors (Lipinski definition) is 2. The molecule has 0 spiro atoms. The van der Waals surface area contributed by atoms with Crippen LogP contribution < -0.4 is 5.73 Å². The Morgan fingerprint density at radius 3 is 2.65 bits per heavy atom. The van der Waals surface area contributed by atoms with Gasteiger partial charge in [0, 0.05) is 32.2 Å². The van der Waals surface area contributed by atoms with E-state index in [9.17, 15) is 4.79 Å². The standard InChI is InChI=1S/C13H19N3O/c1-11-9-16(13(14)17)8-7-15(11)10-12-5-3-2-4-6-12/h2-6,11H,7-10H2,1H3,(H2,14,17). The van der Waals surface area contributed by atoms with E-state index in [2.05, 4.69) is 36.1 Å². The van der Waals surface area contributed by atoms with Crippen molar-refractivity contribution in [1.82, 2.24) is 9.80 Å². The first-order valence-electron chi connectivity index (χ1n) is 5.99. The van der Waals surface area contributed by atoms with Crippen LogP contribution in [-0.2, 0) is 6.54 Å². The number of amides is 2. The van der Waals surface area contributed by atoms with E-state index in [0.29, 0.717) is 6.04 Å². The Morgan fingerprint density at radius 1 is 1.35 bits per heavy atom. The molecule has 2 amide bonds. The molecule has 1 saturated heterocycles. The Labute approximate surface area is 102 Å². The summed E-state index contributed by atoms with van der Waals surface area (Å²) in [5.74, 6) is 0. The first-order valence-corrected chi connectivity index (χ1v) is 5.99. The summed E-state index contributed by atoms with van der Waals surface area (Å²) in [4.78, 5) is 15.2. The number of rotatable bonds is 2. The van der Waals surface area contributed by atoms with Crippen LogP contribution in [0.5, 0.6) is 0 Å². The predicted molar refractivity (Wildman–Crippen MR) is 67.5 cm³/mol. The summed E-state index contributed by atoms with van der Waals surface area (Å²) in [6.45, 7) is 5.42. The van der Waals surface area contributed by atoms with Crippen LogP contribution in [0, 0.1) is 0 Å². The quantitative estimate of drug-likeness (QED) is 0.836. The number of piperazine rings is 1. The van der Waals surface area contributed by atoms with Crippen LogP contribution in [-0.4, -0.2) is 41.5 Å². The van der Waals surface area contributed by atoms with Crippen molar-refractivity contribution in [1.29, 1.82) is 0 Å². The summed E-state index contributed by atoms with van der Waals surface area (Å²) in [5, 5.41) is 0. The predicted octanol–water partition coefficient (Wildman–Crippen LogP) is 1.27. The fraction of sp³-hybridized carbons (Fsp3) is 0.462.